The number of para-hydroxylation sites is 1. The molecular weight excluding hydrogens is 350 g/mol. The van der Waals surface area contributed by atoms with E-state index in [0.717, 1.165) is 42.7 Å². The Labute approximate surface area is 164 Å². The molecule has 0 fully saturated rings. The Morgan fingerprint density at radius 2 is 1.96 bits per heavy atom. The minimum atomic E-state index is -0.442. The minimum Gasteiger partial charge on any atom is -0.480 e. The molecule has 1 amide bonds. The monoisotopic (exact) mass is 373 g/mol. The number of carbonyl (C=O) groups excluding carboxylic acids is 1. The van der Waals surface area contributed by atoms with Crippen molar-refractivity contribution in [2.24, 2.45) is 0 Å². The summed E-state index contributed by atoms with van der Waals surface area (Å²) in [6.07, 6.45) is 5.10. The average molecular weight is 373 g/mol. The predicted molar refractivity (Wildman–Crippen MR) is 106 cm³/mol. The number of ether oxygens (including phenoxy) is 1. The van der Waals surface area contributed by atoms with Gasteiger partial charge in [0, 0.05) is 17.7 Å². The normalized spacial score (nSPS) is 20.1. The lowest BCUT2D eigenvalue weighted by Crippen LogP contribution is -2.40. The van der Waals surface area contributed by atoms with Crippen LogP contribution in [-0.4, -0.2) is 21.8 Å². The summed E-state index contributed by atoms with van der Waals surface area (Å²) in [6, 6.07) is 18.2. The third-order valence-corrected chi connectivity index (χ3v) is 5.69. The summed E-state index contributed by atoms with van der Waals surface area (Å²) < 4.78 is 7.92. The molecule has 5 nitrogen and oxygen atoms in total. The second-order valence-electron chi connectivity index (χ2n) is 7.56. The molecular formula is C23H23N3O2. The summed E-state index contributed by atoms with van der Waals surface area (Å²) in [5.74, 6) is 0.785. The third-order valence-electron chi connectivity index (χ3n) is 5.69. The van der Waals surface area contributed by atoms with Crippen molar-refractivity contribution in [1.29, 1.82) is 0 Å². The molecule has 0 radical (unpaired) electrons. The van der Waals surface area contributed by atoms with E-state index in [1.54, 1.807) is 0 Å². The number of benzene rings is 2. The maximum Gasteiger partial charge on any atom is 0.261 e. The SMILES string of the molecule is O=C(N[C@@H]1CCCc2c1cnn2Cc1ccccc1)[C@H]1Cc2ccccc2O1. The molecule has 2 aromatic carbocycles. The molecule has 5 heteroatoms. The highest BCUT2D eigenvalue weighted by Gasteiger charge is 2.32. The number of hydrogen-bond donors (Lipinski definition) is 1. The molecule has 1 aliphatic heterocycles. The van der Waals surface area contributed by atoms with E-state index in [1.165, 1.54) is 11.3 Å². The van der Waals surface area contributed by atoms with Crippen LogP contribution in [0.2, 0.25) is 0 Å². The highest BCUT2D eigenvalue weighted by molar-refractivity contribution is 5.83. The van der Waals surface area contributed by atoms with Gasteiger partial charge in [-0.2, -0.15) is 5.10 Å². The van der Waals surface area contributed by atoms with E-state index in [-0.39, 0.29) is 11.9 Å². The number of rotatable bonds is 4. The lowest BCUT2D eigenvalue weighted by molar-refractivity contribution is -0.128. The molecule has 28 heavy (non-hydrogen) atoms. The number of aromatic nitrogens is 2. The molecule has 142 valence electrons. The quantitative estimate of drug-likeness (QED) is 0.762. The molecule has 2 aliphatic rings. The molecule has 5 rings (SSSR count). The summed E-state index contributed by atoms with van der Waals surface area (Å²) in [5, 5.41) is 7.83. The van der Waals surface area contributed by atoms with Gasteiger partial charge in [0.05, 0.1) is 18.8 Å². The standard InChI is InChI=1S/C23H23N3O2/c27-23(22-13-17-9-4-5-12-21(17)28-22)25-19-10-6-11-20-18(19)14-24-26(20)15-16-7-2-1-3-8-16/h1-5,7-9,12,14,19,22H,6,10-11,13,15H2,(H,25,27)/t19-,22-/m1/s1. The molecule has 0 saturated carbocycles. The van der Waals surface area contributed by atoms with Crippen LogP contribution >= 0.6 is 0 Å². The van der Waals surface area contributed by atoms with Crippen LogP contribution in [0.3, 0.4) is 0 Å². The molecule has 0 unspecified atom stereocenters. The fourth-order valence-electron chi connectivity index (χ4n) is 4.25. The van der Waals surface area contributed by atoms with Crippen molar-refractivity contribution in [2.45, 2.75) is 44.4 Å². The summed E-state index contributed by atoms with van der Waals surface area (Å²) in [4.78, 5) is 12.8. The Kier molecular flexibility index (Phi) is 4.35. The van der Waals surface area contributed by atoms with E-state index in [9.17, 15) is 4.79 Å². The van der Waals surface area contributed by atoms with Crippen LogP contribution in [0.5, 0.6) is 5.75 Å². The van der Waals surface area contributed by atoms with Crippen molar-refractivity contribution in [2.75, 3.05) is 0 Å². The van der Waals surface area contributed by atoms with Crippen LogP contribution in [-0.2, 0) is 24.2 Å². The van der Waals surface area contributed by atoms with Crippen molar-refractivity contribution in [3.05, 3.63) is 83.2 Å². The largest absolute Gasteiger partial charge is 0.480 e. The zero-order valence-electron chi connectivity index (χ0n) is 15.7. The number of amides is 1. The molecule has 3 aromatic rings. The Morgan fingerprint density at radius 3 is 2.82 bits per heavy atom. The predicted octanol–water partition coefficient (Wildman–Crippen LogP) is 3.43. The second-order valence-corrected chi connectivity index (χ2v) is 7.56. The van der Waals surface area contributed by atoms with Crippen LogP contribution in [0.15, 0.2) is 60.8 Å². The first-order valence-electron chi connectivity index (χ1n) is 9.91. The molecule has 0 saturated heterocycles. The van der Waals surface area contributed by atoms with Gasteiger partial charge >= 0.3 is 0 Å². The maximum atomic E-state index is 12.8. The Balaban J connectivity index is 1.30. The molecule has 1 aliphatic carbocycles. The average Bonchev–Trinajstić information content (AvgIpc) is 3.34. The number of fused-ring (bicyclic) bond motifs is 2. The fraction of sp³-hybridized carbons (Fsp3) is 0.304. The zero-order chi connectivity index (χ0) is 18.9. The Morgan fingerprint density at radius 1 is 1.14 bits per heavy atom. The van der Waals surface area contributed by atoms with Crippen molar-refractivity contribution in [1.82, 2.24) is 15.1 Å². The number of nitrogens with one attached hydrogen (secondary N) is 1. The van der Waals surface area contributed by atoms with E-state index in [4.69, 9.17) is 4.74 Å². The van der Waals surface area contributed by atoms with Crippen LogP contribution in [0.25, 0.3) is 0 Å². The first kappa shape index (κ1) is 17.0. The van der Waals surface area contributed by atoms with Crippen molar-refractivity contribution < 1.29 is 9.53 Å². The van der Waals surface area contributed by atoms with Gasteiger partial charge in [0.2, 0.25) is 0 Å². The summed E-state index contributed by atoms with van der Waals surface area (Å²) in [7, 11) is 0. The molecule has 2 atom stereocenters. The summed E-state index contributed by atoms with van der Waals surface area (Å²) in [5.41, 5.74) is 4.71. The smallest absolute Gasteiger partial charge is 0.261 e. The first-order chi connectivity index (χ1) is 13.8. The fourth-order valence-corrected chi connectivity index (χ4v) is 4.25. The number of nitrogens with zero attached hydrogens (tertiary/aromatic N) is 2. The van der Waals surface area contributed by atoms with Gasteiger partial charge in [-0.1, -0.05) is 48.5 Å². The van der Waals surface area contributed by atoms with E-state index < -0.39 is 6.10 Å². The minimum absolute atomic E-state index is 0.00749. The second kappa shape index (κ2) is 7.15. The maximum absolute atomic E-state index is 12.8. The molecule has 1 N–H and O–H groups in total. The van der Waals surface area contributed by atoms with Crippen LogP contribution in [0.4, 0.5) is 0 Å². The topological polar surface area (TPSA) is 56.2 Å². The van der Waals surface area contributed by atoms with Crippen LogP contribution in [0.1, 0.15) is 41.3 Å². The molecule has 1 aromatic heterocycles. The van der Waals surface area contributed by atoms with E-state index in [2.05, 4.69) is 27.2 Å². The van der Waals surface area contributed by atoms with E-state index in [0.29, 0.717) is 6.42 Å². The van der Waals surface area contributed by atoms with Gasteiger partial charge in [0.25, 0.3) is 5.91 Å². The van der Waals surface area contributed by atoms with Crippen LogP contribution in [0, 0.1) is 0 Å². The van der Waals surface area contributed by atoms with Gasteiger partial charge in [-0.05, 0) is 36.5 Å². The summed E-state index contributed by atoms with van der Waals surface area (Å²) in [6.45, 7) is 0.762. The first-order valence-corrected chi connectivity index (χ1v) is 9.91. The van der Waals surface area contributed by atoms with Crippen LogP contribution < -0.4 is 10.1 Å². The van der Waals surface area contributed by atoms with Gasteiger partial charge < -0.3 is 10.1 Å². The lowest BCUT2D eigenvalue weighted by Gasteiger charge is -2.25. The Bertz CT molecular complexity index is 971. The zero-order valence-corrected chi connectivity index (χ0v) is 15.7. The van der Waals surface area contributed by atoms with Gasteiger partial charge in [0.15, 0.2) is 6.10 Å². The molecule has 0 spiro atoms. The highest BCUT2D eigenvalue weighted by Crippen LogP contribution is 2.32. The summed E-state index contributed by atoms with van der Waals surface area (Å²) >= 11 is 0. The lowest BCUT2D eigenvalue weighted by atomic mass is 9.92. The molecule has 2 heterocycles. The van der Waals surface area contributed by atoms with Gasteiger partial charge in [-0.15, -0.1) is 0 Å². The van der Waals surface area contributed by atoms with Gasteiger partial charge in [0.1, 0.15) is 5.75 Å². The van der Waals surface area contributed by atoms with Crippen molar-refractivity contribution in [3.63, 3.8) is 0 Å². The van der Waals surface area contributed by atoms with Crippen molar-refractivity contribution in [3.8, 4) is 5.75 Å². The van der Waals surface area contributed by atoms with Crippen molar-refractivity contribution >= 4 is 5.91 Å². The van der Waals surface area contributed by atoms with Gasteiger partial charge in [-0.3, -0.25) is 9.48 Å². The number of carbonyl (C=O) groups is 1. The highest BCUT2D eigenvalue weighted by atomic mass is 16.5. The Hall–Kier alpha value is -3.08. The third kappa shape index (κ3) is 3.17. The van der Waals surface area contributed by atoms with E-state index >= 15 is 0 Å². The number of hydrogen-bond acceptors (Lipinski definition) is 3. The van der Waals surface area contributed by atoms with E-state index in [1.807, 2.05) is 48.7 Å². The van der Waals surface area contributed by atoms with Gasteiger partial charge in [-0.25, -0.2) is 0 Å². The molecule has 0 bridgehead atoms.